The Kier molecular flexibility index (Phi) is 6.98. The van der Waals surface area contributed by atoms with E-state index < -0.39 is 15.0 Å². The minimum atomic E-state index is -3.54. The number of ether oxygens (including phenoxy) is 2. The lowest BCUT2D eigenvalue weighted by molar-refractivity contribution is 0.0600. The van der Waals surface area contributed by atoms with Gasteiger partial charge in [0.25, 0.3) is 0 Å². The zero-order valence-corrected chi connectivity index (χ0v) is 13.6. The predicted octanol–water partition coefficient (Wildman–Crippen LogP) is 2.84. The third-order valence-electron chi connectivity index (χ3n) is 2.89. The first-order valence-corrected chi connectivity index (χ1v) is 9.07. The third kappa shape index (κ3) is 6.82. The number of carbonyl (C=O) groups excluding carboxylic acids is 1. The largest absolute Gasteiger partial charge is 0.493 e. The van der Waals surface area contributed by atoms with Gasteiger partial charge in [0, 0.05) is 16.6 Å². The average Bonchev–Trinajstić information content (AvgIpc) is 2.43. The van der Waals surface area contributed by atoms with E-state index in [1.807, 2.05) is 6.92 Å². The van der Waals surface area contributed by atoms with E-state index in [1.165, 1.54) is 7.11 Å². The SMILES string of the molecule is CCCC(COc1ccc(C(=O)OC)cc1)CS(=O)(=O)Cl. The van der Waals surface area contributed by atoms with Crippen LogP contribution in [-0.2, 0) is 13.8 Å². The van der Waals surface area contributed by atoms with Crippen molar-refractivity contribution in [3.63, 3.8) is 0 Å². The van der Waals surface area contributed by atoms with Crippen molar-refractivity contribution in [2.45, 2.75) is 19.8 Å². The zero-order valence-electron chi connectivity index (χ0n) is 12.0. The molecule has 1 rings (SSSR count). The van der Waals surface area contributed by atoms with Gasteiger partial charge in [0.05, 0.1) is 25.0 Å². The Hall–Kier alpha value is -1.27. The molecule has 0 radical (unpaired) electrons. The van der Waals surface area contributed by atoms with E-state index >= 15 is 0 Å². The van der Waals surface area contributed by atoms with Crippen LogP contribution in [0.3, 0.4) is 0 Å². The zero-order chi connectivity index (χ0) is 15.9. The summed E-state index contributed by atoms with van der Waals surface area (Å²) in [4.78, 5) is 11.3. The molecule has 21 heavy (non-hydrogen) atoms. The number of hydrogen-bond donors (Lipinski definition) is 0. The highest BCUT2D eigenvalue weighted by molar-refractivity contribution is 8.13. The fourth-order valence-electron chi connectivity index (χ4n) is 1.92. The van der Waals surface area contributed by atoms with Crippen molar-refractivity contribution >= 4 is 25.7 Å². The summed E-state index contributed by atoms with van der Waals surface area (Å²) < 4.78 is 32.4. The van der Waals surface area contributed by atoms with Crippen molar-refractivity contribution in [2.75, 3.05) is 19.5 Å². The van der Waals surface area contributed by atoms with Crippen molar-refractivity contribution in [2.24, 2.45) is 5.92 Å². The molecule has 0 N–H and O–H groups in total. The van der Waals surface area contributed by atoms with Gasteiger partial charge in [-0.3, -0.25) is 0 Å². The minimum absolute atomic E-state index is 0.108. The van der Waals surface area contributed by atoms with Gasteiger partial charge < -0.3 is 9.47 Å². The van der Waals surface area contributed by atoms with Crippen molar-refractivity contribution in [1.29, 1.82) is 0 Å². The van der Waals surface area contributed by atoms with Crippen LogP contribution in [0.5, 0.6) is 5.75 Å². The highest BCUT2D eigenvalue weighted by Gasteiger charge is 2.17. The molecule has 0 aliphatic rings. The topological polar surface area (TPSA) is 69.7 Å². The predicted molar refractivity (Wildman–Crippen MR) is 81.3 cm³/mol. The van der Waals surface area contributed by atoms with E-state index in [0.29, 0.717) is 17.7 Å². The lowest BCUT2D eigenvalue weighted by Gasteiger charge is -2.15. The molecule has 1 aromatic carbocycles. The number of esters is 1. The summed E-state index contributed by atoms with van der Waals surface area (Å²) in [5, 5.41) is 0. The van der Waals surface area contributed by atoms with E-state index in [1.54, 1.807) is 24.3 Å². The fraction of sp³-hybridized carbons (Fsp3) is 0.500. The van der Waals surface area contributed by atoms with Crippen molar-refractivity contribution in [1.82, 2.24) is 0 Å². The van der Waals surface area contributed by atoms with Gasteiger partial charge in [-0.2, -0.15) is 0 Å². The molecule has 0 saturated heterocycles. The molecular weight excluding hydrogens is 316 g/mol. The Labute approximate surface area is 129 Å². The van der Waals surface area contributed by atoms with Gasteiger partial charge in [-0.25, -0.2) is 13.2 Å². The highest BCUT2D eigenvalue weighted by Crippen LogP contribution is 2.17. The molecule has 0 fully saturated rings. The summed E-state index contributed by atoms with van der Waals surface area (Å²) in [7, 11) is 3.06. The number of benzene rings is 1. The van der Waals surface area contributed by atoms with Crippen molar-refractivity contribution in [3.05, 3.63) is 29.8 Å². The van der Waals surface area contributed by atoms with Gasteiger partial charge in [0.2, 0.25) is 9.05 Å². The van der Waals surface area contributed by atoms with Crippen molar-refractivity contribution < 1.29 is 22.7 Å². The van der Waals surface area contributed by atoms with Crippen LogP contribution in [0.2, 0.25) is 0 Å². The van der Waals surface area contributed by atoms with Crippen LogP contribution in [-0.4, -0.2) is 33.9 Å². The summed E-state index contributed by atoms with van der Waals surface area (Å²) in [6, 6.07) is 6.47. The molecular formula is C14H19ClO5S. The van der Waals surface area contributed by atoms with Crippen LogP contribution in [0.25, 0.3) is 0 Å². The van der Waals surface area contributed by atoms with Gasteiger partial charge in [-0.1, -0.05) is 13.3 Å². The van der Waals surface area contributed by atoms with Crippen LogP contribution in [0, 0.1) is 5.92 Å². The van der Waals surface area contributed by atoms with E-state index in [-0.39, 0.29) is 18.3 Å². The number of carbonyl (C=O) groups is 1. The molecule has 1 aromatic rings. The first-order chi connectivity index (χ1) is 9.85. The Balaban J connectivity index is 2.61. The molecule has 0 amide bonds. The Morgan fingerprint density at radius 3 is 2.38 bits per heavy atom. The fourth-order valence-corrected chi connectivity index (χ4v) is 3.28. The van der Waals surface area contributed by atoms with Gasteiger partial charge >= 0.3 is 5.97 Å². The lowest BCUT2D eigenvalue weighted by atomic mass is 10.1. The maximum atomic E-state index is 11.3. The Bertz CT molecular complexity index is 553. The molecule has 0 aromatic heterocycles. The molecule has 118 valence electrons. The number of hydrogen-bond acceptors (Lipinski definition) is 5. The molecule has 0 saturated carbocycles. The molecule has 0 heterocycles. The second kappa shape index (κ2) is 8.24. The second-order valence-electron chi connectivity index (χ2n) is 4.69. The highest BCUT2D eigenvalue weighted by atomic mass is 35.7. The standard InChI is InChI=1S/C14H19ClO5S/c1-3-4-11(10-21(15,17)18)9-20-13-7-5-12(6-8-13)14(16)19-2/h5-8,11H,3-4,9-10H2,1-2H3. The minimum Gasteiger partial charge on any atom is -0.493 e. The van der Waals surface area contributed by atoms with E-state index in [0.717, 1.165) is 6.42 Å². The molecule has 0 bridgehead atoms. The van der Waals surface area contributed by atoms with Crippen LogP contribution < -0.4 is 4.74 Å². The Morgan fingerprint density at radius 2 is 1.90 bits per heavy atom. The lowest BCUT2D eigenvalue weighted by Crippen LogP contribution is -2.19. The summed E-state index contributed by atoms with van der Waals surface area (Å²) in [6.07, 6.45) is 1.56. The van der Waals surface area contributed by atoms with Crippen LogP contribution in [0.4, 0.5) is 0 Å². The molecule has 0 aliphatic carbocycles. The van der Waals surface area contributed by atoms with Crippen LogP contribution in [0.1, 0.15) is 30.1 Å². The van der Waals surface area contributed by atoms with E-state index in [2.05, 4.69) is 4.74 Å². The third-order valence-corrected chi connectivity index (χ3v) is 4.14. The van der Waals surface area contributed by atoms with Gasteiger partial charge in [-0.15, -0.1) is 0 Å². The molecule has 1 atom stereocenters. The smallest absolute Gasteiger partial charge is 0.337 e. The summed E-state index contributed by atoms with van der Waals surface area (Å²) >= 11 is 0. The molecule has 0 aliphatic heterocycles. The quantitative estimate of drug-likeness (QED) is 0.540. The molecule has 7 heteroatoms. The summed E-state index contributed by atoms with van der Waals surface area (Å²) in [6.45, 7) is 2.23. The average molecular weight is 335 g/mol. The van der Waals surface area contributed by atoms with Crippen LogP contribution >= 0.6 is 10.7 Å². The van der Waals surface area contributed by atoms with E-state index in [4.69, 9.17) is 15.4 Å². The van der Waals surface area contributed by atoms with Crippen molar-refractivity contribution in [3.8, 4) is 5.75 Å². The first-order valence-electron chi connectivity index (χ1n) is 6.59. The van der Waals surface area contributed by atoms with Gasteiger partial charge in [0.15, 0.2) is 0 Å². The maximum absolute atomic E-state index is 11.3. The first kappa shape index (κ1) is 17.8. The normalized spacial score (nSPS) is 12.7. The number of rotatable bonds is 8. The monoisotopic (exact) mass is 334 g/mol. The van der Waals surface area contributed by atoms with E-state index in [9.17, 15) is 13.2 Å². The number of halogens is 1. The molecule has 5 nitrogen and oxygen atoms in total. The van der Waals surface area contributed by atoms with Crippen LogP contribution in [0.15, 0.2) is 24.3 Å². The Morgan fingerprint density at radius 1 is 1.29 bits per heavy atom. The molecule has 0 spiro atoms. The second-order valence-corrected chi connectivity index (χ2v) is 7.51. The maximum Gasteiger partial charge on any atom is 0.337 e. The summed E-state index contributed by atoms with van der Waals surface area (Å²) in [5.41, 5.74) is 0.429. The summed E-state index contributed by atoms with van der Waals surface area (Å²) in [5.74, 6) is -0.116. The number of methoxy groups -OCH3 is 1. The molecule has 1 unspecified atom stereocenters. The van der Waals surface area contributed by atoms with Gasteiger partial charge in [-0.05, 0) is 30.7 Å². The van der Waals surface area contributed by atoms with Gasteiger partial charge in [0.1, 0.15) is 5.75 Å².